The first-order valence-corrected chi connectivity index (χ1v) is 11.8. The van der Waals surface area contributed by atoms with Crippen molar-refractivity contribution < 1.29 is 17.9 Å². The third-order valence-electron chi connectivity index (χ3n) is 4.90. The minimum absolute atomic E-state index is 0.0282. The molecule has 0 aliphatic heterocycles. The molecule has 3 rings (SSSR count). The van der Waals surface area contributed by atoms with Gasteiger partial charge in [0.25, 0.3) is 10.0 Å². The second-order valence-corrected chi connectivity index (χ2v) is 9.84. The number of benzene rings is 3. The quantitative estimate of drug-likeness (QED) is 0.475. The first-order valence-electron chi connectivity index (χ1n) is 9.61. The highest BCUT2D eigenvalue weighted by Crippen LogP contribution is 2.29. The minimum Gasteiger partial charge on any atom is -0.495 e. The molecule has 6 nitrogen and oxygen atoms in total. The number of nitrogens with one attached hydrogen (secondary N) is 1. The molecule has 1 N–H and O–H groups in total. The third-order valence-corrected chi connectivity index (χ3v) is 7.24. The van der Waals surface area contributed by atoms with Crippen LogP contribution in [0.25, 0.3) is 0 Å². The molecule has 0 bridgehead atoms. The zero-order valence-corrected chi connectivity index (χ0v) is 20.1. The van der Waals surface area contributed by atoms with Crippen LogP contribution in [0.5, 0.6) is 5.75 Å². The van der Waals surface area contributed by atoms with E-state index in [1.165, 1.54) is 37.4 Å². The summed E-state index contributed by atoms with van der Waals surface area (Å²) in [7, 11) is -2.55. The molecule has 0 saturated heterocycles. The molecule has 0 aliphatic carbocycles. The molecule has 0 heterocycles. The topological polar surface area (TPSA) is 75.7 Å². The summed E-state index contributed by atoms with van der Waals surface area (Å²) in [5.41, 5.74) is 2.71. The minimum atomic E-state index is -4.04. The van der Waals surface area contributed by atoms with Crippen molar-refractivity contribution in [3.05, 3.63) is 81.8 Å². The first-order chi connectivity index (χ1) is 15.1. The number of hydrogen-bond acceptors (Lipinski definition) is 4. The number of hydrogen-bond donors (Lipinski definition) is 1. The van der Waals surface area contributed by atoms with Gasteiger partial charge in [-0.2, -0.15) is 0 Å². The molecule has 168 valence electrons. The van der Waals surface area contributed by atoms with Crippen LogP contribution < -0.4 is 14.4 Å². The van der Waals surface area contributed by atoms with Gasteiger partial charge in [0.1, 0.15) is 12.3 Å². The van der Waals surface area contributed by atoms with E-state index in [-0.39, 0.29) is 4.90 Å². The summed E-state index contributed by atoms with van der Waals surface area (Å²) in [5, 5.41) is 3.42. The number of amides is 1. The van der Waals surface area contributed by atoms with Gasteiger partial charge in [0.2, 0.25) is 5.91 Å². The largest absolute Gasteiger partial charge is 0.495 e. The molecule has 0 unspecified atom stereocenters. The lowest BCUT2D eigenvalue weighted by Crippen LogP contribution is -2.38. The predicted molar refractivity (Wildman–Crippen MR) is 129 cm³/mol. The van der Waals surface area contributed by atoms with Gasteiger partial charge in [0.15, 0.2) is 0 Å². The van der Waals surface area contributed by atoms with Crippen molar-refractivity contribution in [2.75, 3.05) is 23.3 Å². The maximum Gasteiger partial charge on any atom is 0.264 e. The van der Waals surface area contributed by atoms with E-state index in [0.717, 1.165) is 15.4 Å². The average molecular weight is 493 g/mol. The molecule has 0 aliphatic rings. The van der Waals surface area contributed by atoms with E-state index in [4.69, 9.17) is 27.9 Å². The Labute approximate surface area is 197 Å². The SMILES string of the molecule is COc1ccc(NC(=O)CN(c2ccc(C)c(C)c2)S(=O)(=O)c2ccc(Cl)cc2)cc1Cl. The number of ether oxygens (including phenoxy) is 1. The van der Waals surface area contributed by atoms with E-state index in [1.54, 1.807) is 24.3 Å². The Kier molecular flexibility index (Phi) is 7.33. The summed E-state index contributed by atoms with van der Waals surface area (Å²) in [6.45, 7) is 3.37. The number of methoxy groups -OCH3 is 1. The molecule has 3 aromatic carbocycles. The van der Waals surface area contributed by atoms with Gasteiger partial charge in [0.05, 0.1) is 22.7 Å². The van der Waals surface area contributed by atoms with Crippen molar-refractivity contribution in [1.29, 1.82) is 0 Å². The van der Waals surface area contributed by atoms with E-state index in [9.17, 15) is 13.2 Å². The van der Waals surface area contributed by atoms with E-state index >= 15 is 0 Å². The fourth-order valence-electron chi connectivity index (χ4n) is 3.00. The lowest BCUT2D eigenvalue weighted by Gasteiger charge is -2.25. The van der Waals surface area contributed by atoms with Crippen molar-refractivity contribution in [3.63, 3.8) is 0 Å². The van der Waals surface area contributed by atoms with Crippen LogP contribution >= 0.6 is 23.2 Å². The summed E-state index contributed by atoms with van der Waals surface area (Å²) in [4.78, 5) is 12.9. The van der Waals surface area contributed by atoms with Crippen LogP contribution in [-0.2, 0) is 14.8 Å². The highest BCUT2D eigenvalue weighted by molar-refractivity contribution is 7.92. The van der Waals surface area contributed by atoms with Gasteiger partial charge in [0, 0.05) is 10.7 Å². The highest BCUT2D eigenvalue weighted by Gasteiger charge is 2.27. The fraction of sp³-hybridized carbons (Fsp3) is 0.174. The molecule has 32 heavy (non-hydrogen) atoms. The Hall–Kier alpha value is -2.74. The number of carbonyl (C=O) groups is 1. The van der Waals surface area contributed by atoms with Crippen molar-refractivity contribution in [3.8, 4) is 5.75 Å². The number of nitrogens with zero attached hydrogens (tertiary/aromatic N) is 1. The number of carbonyl (C=O) groups excluding carboxylic acids is 1. The van der Waals surface area contributed by atoms with Crippen LogP contribution in [0.4, 0.5) is 11.4 Å². The van der Waals surface area contributed by atoms with Crippen LogP contribution in [0.3, 0.4) is 0 Å². The summed E-state index contributed by atoms with van der Waals surface area (Å²) >= 11 is 12.0. The number of sulfonamides is 1. The average Bonchev–Trinajstić information content (AvgIpc) is 2.74. The van der Waals surface area contributed by atoms with E-state index in [0.29, 0.717) is 27.2 Å². The number of halogens is 2. The Morgan fingerprint density at radius 2 is 1.66 bits per heavy atom. The lowest BCUT2D eigenvalue weighted by molar-refractivity contribution is -0.114. The Morgan fingerprint density at radius 1 is 0.969 bits per heavy atom. The smallest absolute Gasteiger partial charge is 0.264 e. The zero-order valence-electron chi connectivity index (χ0n) is 17.7. The summed E-state index contributed by atoms with van der Waals surface area (Å²) in [6.07, 6.45) is 0. The van der Waals surface area contributed by atoms with E-state index < -0.39 is 22.5 Å². The molecule has 0 spiro atoms. The molecule has 1 amide bonds. The predicted octanol–water partition coefficient (Wildman–Crippen LogP) is 5.45. The van der Waals surface area contributed by atoms with E-state index in [1.807, 2.05) is 19.9 Å². The summed E-state index contributed by atoms with van der Waals surface area (Å²) < 4.78 is 33.0. The molecule has 0 saturated carbocycles. The van der Waals surface area contributed by atoms with Gasteiger partial charge >= 0.3 is 0 Å². The third kappa shape index (κ3) is 5.35. The Bertz CT molecular complexity index is 1250. The van der Waals surface area contributed by atoms with Gasteiger partial charge < -0.3 is 10.1 Å². The molecule has 9 heteroatoms. The molecule has 0 atom stereocenters. The van der Waals surface area contributed by atoms with Gasteiger partial charge in [-0.15, -0.1) is 0 Å². The second-order valence-electron chi connectivity index (χ2n) is 7.13. The molecule has 0 aromatic heterocycles. The monoisotopic (exact) mass is 492 g/mol. The van der Waals surface area contributed by atoms with E-state index in [2.05, 4.69) is 5.32 Å². The van der Waals surface area contributed by atoms with Crippen molar-refractivity contribution in [2.45, 2.75) is 18.7 Å². The van der Waals surface area contributed by atoms with Crippen molar-refractivity contribution >= 4 is 50.5 Å². The molecular formula is C23H22Cl2N2O4S. The van der Waals surface area contributed by atoms with Crippen molar-refractivity contribution in [1.82, 2.24) is 0 Å². The van der Waals surface area contributed by atoms with Crippen LogP contribution in [-0.4, -0.2) is 28.0 Å². The summed E-state index contributed by atoms with van der Waals surface area (Å²) in [6, 6.07) is 15.8. The Morgan fingerprint density at radius 3 is 2.25 bits per heavy atom. The normalized spacial score (nSPS) is 11.2. The van der Waals surface area contributed by atoms with Crippen LogP contribution in [0, 0.1) is 13.8 Å². The summed E-state index contributed by atoms with van der Waals surface area (Å²) in [5.74, 6) is -0.0614. The maximum absolute atomic E-state index is 13.4. The van der Waals surface area contributed by atoms with Crippen LogP contribution in [0.2, 0.25) is 10.0 Å². The van der Waals surface area contributed by atoms with Gasteiger partial charge in [-0.25, -0.2) is 8.42 Å². The maximum atomic E-state index is 13.4. The molecule has 0 fully saturated rings. The molecular weight excluding hydrogens is 471 g/mol. The molecule has 3 aromatic rings. The number of aryl methyl sites for hydroxylation is 2. The standard InChI is InChI=1S/C23H22Cl2N2O4S/c1-15-4-8-19(12-16(15)2)27(32(29,30)20-9-5-17(24)6-10-20)14-23(28)26-18-7-11-22(31-3)21(25)13-18/h4-13H,14H2,1-3H3,(H,26,28). The van der Waals surface area contributed by atoms with Crippen LogP contribution in [0.1, 0.15) is 11.1 Å². The zero-order chi connectivity index (χ0) is 23.5. The highest BCUT2D eigenvalue weighted by atomic mass is 35.5. The fourth-order valence-corrected chi connectivity index (χ4v) is 4.80. The lowest BCUT2D eigenvalue weighted by atomic mass is 10.1. The second kappa shape index (κ2) is 9.81. The van der Waals surface area contributed by atoms with Gasteiger partial charge in [-0.3, -0.25) is 9.10 Å². The Balaban J connectivity index is 1.95. The van der Waals surface area contributed by atoms with Gasteiger partial charge in [-0.1, -0.05) is 29.3 Å². The number of rotatable bonds is 7. The van der Waals surface area contributed by atoms with Gasteiger partial charge in [-0.05, 0) is 79.6 Å². The number of anilines is 2. The van der Waals surface area contributed by atoms with Crippen LogP contribution in [0.15, 0.2) is 65.6 Å². The molecule has 0 radical (unpaired) electrons. The first kappa shape index (κ1) is 23.9. The van der Waals surface area contributed by atoms with Crippen molar-refractivity contribution in [2.24, 2.45) is 0 Å².